The number of urea groups is 1. The van der Waals surface area contributed by atoms with E-state index in [4.69, 9.17) is 0 Å². The summed E-state index contributed by atoms with van der Waals surface area (Å²) in [4.78, 5) is 25.0. The highest BCUT2D eigenvalue weighted by Gasteiger charge is 2.34. The van der Waals surface area contributed by atoms with Crippen molar-refractivity contribution in [2.75, 3.05) is 13.6 Å². The van der Waals surface area contributed by atoms with Gasteiger partial charge in [0.2, 0.25) is 0 Å². The van der Waals surface area contributed by atoms with E-state index in [-0.39, 0.29) is 12.5 Å². The topological polar surface area (TPSA) is 69.6 Å². The summed E-state index contributed by atoms with van der Waals surface area (Å²) in [6, 6.07) is 8.09. The summed E-state index contributed by atoms with van der Waals surface area (Å²) in [6.45, 7) is 2.84. The average Bonchev–Trinajstić information content (AvgIpc) is 3.14. The van der Waals surface area contributed by atoms with Gasteiger partial charge in [-0.2, -0.15) is 0 Å². The first-order chi connectivity index (χ1) is 9.97. The number of hydrogen-bond donors (Lipinski definition) is 2. The molecule has 1 fully saturated rings. The number of carbonyl (C=O) groups excluding carboxylic acids is 1. The third-order valence-corrected chi connectivity index (χ3v) is 4.01. The van der Waals surface area contributed by atoms with Crippen molar-refractivity contribution in [3.8, 4) is 0 Å². The van der Waals surface area contributed by atoms with E-state index in [1.165, 1.54) is 0 Å². The van der Waals surface area contributed by atoms with E-state index in [0.717, 1.165) is 12.0 Å². The maximum Gasteiger partial charge on any atom is 0.326 e. The van der Waals surface area contributed by atoms with Crippen LogP contribution in [0.2, 0.25) is 0 Å². The predicted molar refractivity (Wildman–Crippen MR) is 80.0 cm³/mol. The van der Waals surface area contributed by atoms with Crippen molar-refractivity contribution >= 4 is 12.0 Å². The molecule has 0 saturated heterocycles. The number of carboxylic acid groups (broad SMARTS) is 1. The Morgan fingerprint density at radius 2 is 2.00 bits per heavy atom. The molecule has 3 unspecified atom stereocenters. The van der Waals surface area contributed by atoms with Gasteiger partial charge in [0.15, 0.2) is 0 Å². The van der Waals surface area contributed by atoms with Gasteiger partial charge >= 0.3 is 12.0 Å². The van der Waals surface area contributed by atoms with Crippen molar-refractivity contribution in [2.45, 2.75) is 25.8 Å². The summed E-state index contributed by atoms with van der Waals surface area (Å²) in [7, 11) is 1.71. The number of aliphatic carboxylic acids is 1. The number of rotatable bonds is 6. The number of hydrogen-bond acceptors (Lipinski definition) is 2. The van der Waals surface area contributed by atoms with Crippen LogP contribution in [0.25, 0.3) is 0 Å². The second kappa shape index (κ2) is 6.61. The first-order valence-corrected chi connectivity index (χ1v) is 7.25. The zero-order valence-electron chi connectivity index (χ0n) is 12.5. The molecule has 0 radical (unpaired) electrons. The monoisotopic (exact) mass is 290 g/mol. The molecule has 1 saturated carbocycles. The lowest BCUT2D eigenvalue weighted by molar-refractivity contribution is -0.139. The van der Waals surface area contributed by atoms with Crippen molar-refractivity contribution in [2.24, 2.45) is 11.8 Å². The molecule has 2 rings (SSSR count). The molecule has 2 N–H and O–H groups in total. The molecule has 0 aliphatic heterocycles. The second-order valence-electron chi connectivity index (χ2n) is 5.88. The molecule has 21 heavy (non-hydrogen) atoms. The Kier molecular flexibility index (Phi) is 4.83. The third kappa shape index (κ3) is 4.48. The zero-order valence-corrected chi connectivity index (χ0v) is 12.5. The minimum absolute atomic E-state index is 0.287. The fourth-order valence-corrected chi connectivity index (χ4v) is 2.40. The van der Waals surface area contributed by atoms with E-state index in [9.17, 15) is 14.7 Å². The van der Waals surface area contributed by atoms with Gasteiger partial charge < -0.3 is 15.3 Å². The smallest absolute Gasteiger partial charge is 0.326 e. The minimum atomic E-state index is -1.01. The number of carbonyl (C=O) groups is 2. The van der Waals surface area contributed by atoms with Crippen LogP contribution in [0.15, 0.2) is 30.3 Å². The number of carboxylic acids is 1. The molecule has 0 bridgehead atoms. The predicted octanol–water partition coefficient (Wildman–Crippen LogP) is 1.98. The van der Waals surface area contributed by atoms with Gasteiger partial charge in [-0.25, -0.2) is 9.59 Å². The summed E-state index contributed by atoms with van der Waals surface area (Å²) >= 11 is 0. The van der Waals surface area contributed by atoms with E-state index in [2.05, 4.69) is 12.2 Å². The van der Waals surface area contributed by atoms with Crippen molar-refractivity contribution in [3.63, 3.8) is 0 Å². The maximum absolute atomic E-state index is 12.1. The Labute approximate surface area is 125 Å². The number of benzene rings is 1. The normalized spacial score (nSPS) is 21.4. The number of nitrogens with one attached hydrogen (secondary N) is 1. The highest BCUT2D eigenvalue weighted by atomic mass is 16.4. The summed E-state index contributed by atoms with van der Waals surface area (Å²) in [5.74, 6) is 0.207. The molecular weight excluding hydrogens is 268 g/mol. The molecular formula is C16H22N2O3. The summed E-state index contributed by atoms with van der Waals surface area (Å²) in [5.41, 5.74) is 0.892. The average molecular weight is 290 g/mol. The molecule has 1 aromatic carbocycles. The van der Waals surface area contributed by atoms with Gasteiger partial charge in [0, 0.05) is 20.0 Å². The first-order valence-electron chi connectivity index (χ1n) is 7.25. The summed E-state index contributed by atoms with van der Waals surface area (Å²) < 4.78 is 0. The standard InChI is InChI=1S/C16H22N2O3/c1-11-8-13(11)10-18(2)16(21)17-14(15(19)20)9-12-6-4-3-5-7-12/h3-7,11,13-14H,8-10H2,1-2H3,(H,17,21)(H,19,20). The molecule has 1 aliphatic rings. The van der Waals surface area contributed by atoms with Crippen molar-refractivity contribution in [3.05, 3.63) is 35.9 Å². The van der Waals surface area contributed by atoms with Crippen LogP contribution in [0.5, 0.6) is 0 Å². The van der Waals surface area contributed by atoms with Crippen LogP contribution in [0.3, 0.4) is 0 Å². The maximum atomic E-state index is 12.1. The molecule has 5 nitrogen and oxygen atoms in total. The van der Waals surface area contributed by atoms with Gasteiger partial charge in [-0.05, 0) is 23.8 Å². The Balaban J connectivity index is 1.89. The lowest BCUT2D eigenvalue weighted by atomic mass is 10.1. The van der Waals surface area contributed by atoms with Crippen molar-refractivity contribution in [1.82, 2.24) is 10.2 Å². The summed E-state index contributed by atoms with van der Waals surface area (Å²) in [5, 5.41) is 11.9. The van der Waals surface area contributed by atoms with E-state index in [1.54, 1.807) is 11.9 Å². The van der Waals surface area contributed by atoms with Gasteiger partial charge in [0.1, 0.15) is 6.04 Å². The molecule has 1 aliphatic carbocycles. The molecule has 114 valence electrons. The highest BCUT2D eigenvalue weighted by molar-refractivity contribution is 5.82. The van der Waals surface area contributed by atoms with Crippen LogP contribution < -0.4 is 5.32 Å². The SMILES string of the molecule is CC1CC1CN(C)C(=O)NC(Cc1ccccc1)C(=O)O. The number of amides is 2. The molecule has 0 spiro atoms. The van der Waals surface area contributed by atoms with Crippen LogP contribution in [0.4, 0.5) is 4.79 Å². The Morgan fingerprint density at radius 3 is 2.52 bits per heavy atom. The minimum Gasteiger partial charge on any atom is -0.480 e. The van der Waals surface area contributed by atoms with Crippen molar-refractivity contribution < 1.29 is 14.7 Å². The Morgan fingerprint density at radius 1 is 1.38 bits per heavy atom. The van der Waals surface area contributed by atoms with Crippen LogP contribution in [-0.4, -0.2) is 41.6 Å². The molecule has 5 heteroatoms. The van der Waals surface area contributed by atoms with Crippen LogP contribution >= 0.6 is 0 Å². The summed E-state index contributed by atoms with van der Waals surface area (Å²) in [6.07, 6.45) is 1.43. The van der Waals surface area contributed by atoms with Gasteiger partial charge in [-0.3, -0.25) is 0 Å². The van der Waals surface area contributed by atoms with E-state index in [1.807, 2.05) is 30.3 Å². The molecule has 1 aromatic rings. The molecule has 3 atom stereocenters. The van der Waals surface area contributed by atoms with E-state index < -0.39 is 12.0 Å². The van der Waals surface area contributed by atoms with Gasteiger partial charge in [0.05, 0.1) is 0 Å². The lowest BCUT2D eigenvalue weighted by Crippen LogP contribution is -2.48. The Bertz CT molecular complexity index is 504. The Hall–Kier alpha value is -2.04. The van der Waals surface area contributed by atoms with E-state index in [0.29, 0.717) is 18.4 Å². The fraction of sp³-hybridized carbons (Fsp3) is 0.500. The largest absolute Gasteiger partial charge is 0.480 e. The van der Waals surface area contributed by atoms with Crippen molar-refractivity contribution in [1.29, 1.82) is 0 Å². The molecule has 0 aromatic heterocycles. The van der Waals surface area contributed by atoms with Crippen LogP contribution in [-0.2, 0) is 11.2 Å². The quantitative estimate of drug-likeness (QED) is 0.841. The lowest BCUT2D eigenvalue weighted by Gasteiger charge is -2.21. The van der Waals surface area contributed by atoms with Gasteiger partial charge in [-0.1, -0.05) is 37.3 Å². The highest BCUT2D eigenvalue weighted by Crippen LogP contribution is 2.37. The van der Waals surface area contributed by atoms with Gasteiger partial charge in [0.25, 0.3) is 0 Å². The molecule has 0 heterocycles. The fourth-order valence-electron chi connectivity index (χ4n) is 2.40. The zero-order chi connectivity index (χ0) is 15.4. The van der Waals surface area contributed by atoms with Crippen LogP contribution in [0.1, 0.15) is 18.9 Å². The second-order valence-corrected chi connectivity index (χ2v) is 5.88. The third-order valence-electron chi connectivity index (χ3n) is 4.01. The number of nitrogens with zero attached hydrogens (tertiary/aromatic N) is 1. The molecule has 2 amide bonds. The van der Waals surface area contributed by atoms with Crippen LogP contribution in [0, 0.1) is 11.8 Å². The van der Waals surface area contributed by atoms with Gasteiger partial charge in [-0.15, -0.1) is 0 Å². The van der Waals surface area contributed by atoms with E-state index >= 15 is 0 Å². The first kappa shape index (κ1) is 15.4.